The van der Waals surface area contributed by atoms with E-state index in [4.69, 9.17) is 4.74 Å². The van der Waals surface area contributed by atoms with Gasteiger partial charge in [0.15, 0.2) is 0 Å². The van der Waals surface area contributed by atoms with Gasteiger partial charge in [-0.1, -0.05) is 12.8 Å². The maximum absolute atomic E-state index is 11.9. The number of aromatic amines is 1. The molecule has 1 amide bonds. The number of aromatic nitrogens is 2. The molecule has 6 nitrogen and oxygen atoms in total. The molecule has 0 saturated heterocycles. The van der Waals surface area contributed by atoms with Crippen LogP contribution in [-0.2, 0) is 11.3 Å². The van der Waals surface area contributed by atoms with Crippen molar-refractivity contribution in [3.8, 4) is 0 Å². The molecule has 1 aliphatic rings. The molecular weight excluding hydrogens is 292 g/mol. The third-order valence-electron chi connectivity index (χ3n) is 4.14. The Morgan fingerprint density at radius 3 is 2.70 bits per heavy atom. The number of ether oxygens (including phenoxy) is 1. The van der Waals surface area contributed by atoms with Crippen molar-refractivity contribution in [3.05, 3.63) is 17.7 Å². The SMILES string of the molecule is Cc1ncc(CNC(CNC(=O)OC(C)(C)C)C2CCCC2)[nH]1. The monoisotopic (exact) mass is 322 g/mol. The highest BCUT2D eigenvalue weighted by molar-refractivity contribution is 5.67. The number of carbonyl (C=O) groups is 1. The van der Waals surface area contributed by atoms with Gasteiger partial charge in [0.2, 0.25) is 0 Å². The first-order valence-electron chi connectivity index (χ1n) is 8.54. The minimum Gasteiger partial charge on any atom is -0.444 e. The van der Waals surface area contributed by atoms with Gasteiger partial charge in [0.1, 0.15) is 11.4 Å². The zero-order valence-corrected chi connectivity index (χ0v) is 14.7. The van der Waals surface area contributed by atoms with Crippen molar-refractivity contribution in [1.29, 1.82) is 0 Å². The van der Waals surface area contributed by atoms with Crippen LogP contribution in [0, 0.1) is 12.8 Å². The van der Waals surface area contributed by atoms with Crippen LogP contribution in [0.4, 0.5) is 4.79 Å². The number of aryl methyl sites for hydroxylation is 1. The van der Waals surface area contributed by atoms with Gasteiger partial charge in [-0.2, -0.15) is 0 Å². The summed E-state index contributed by atoms with van der Waals surface area (Å²) < 4.78 is 5.32. The van der Waals surface area contributed by atoms with E-state index in [9.17, 15) is 4.79 Å². The Hall–Kier alpha value is -1.56. The van der Waals surface area contributed by atoms with Crippen molar-refractivity contribution in [3.63, 3.8) is 0 Å². The second-order valence-electron chi connectivity index (χ2n) is 7.41. The third-order valence-corrected chi connectivity index (χ3v) is 4.14. The molecular formula is C17H30N4O2. The lowest BCUT2D eigenvalue weighted by Crippen LogP contribution is -2.45. The quantitative estimate of drug-likeness (QED) is 0.752. The molecule has 1 fully saturated rings. The van der Waals surface area contributed by atoms with E-state index in [2.05, 4.69) is 20.6 Å². The summed E-state index contributed by atoms with van der Waals surface area (Å²) in [5.41, 5.74) is 0.608. The van der Waals surface area contributed by atoms with Gasteiger partial charge in [0, 0.05) is 31.0 Å². The first kappa shape index (κ1) is 17.8. The van der Waals surface area contributed by atoms with Gasteiger partial charge in [0.25, 0.3) is 0 Å². The number of amides is 1. The van der Waals surface area contributed by atoms with Crippen molar-refractivity contribution in [1.82, 2.24) is 20.6 Å². The third kappa shape index (κ3) is 6.22. The number of hydrogen-bond donors (Lipinski definition) is 3. The number of hydrogen-bond acceptors (Lipinski definition) is 4. The van der Waals surface area contributed by atoms with Gasteiger partial charge in [0.05, 0.1) is 0 Å². The molecule has 2 rings (SSSR count). The van der Waals surface area contributed by atoms with Crippen LogP contribution in [0.1, 0.15) is 58.0 Å². The van der Waals surface area contributed by atoms with E-state index in [0.29, 0.717) is 12.5 Å². The molecule has 0 aliphatic heterocycles. The molecule has 1 unspecified atom stereocenters. The van der Waals surface area contributed by atoms with Crippen molar-refractivity contribution < 1.29 is 9.53 Å². The number of nitrogens with zero attached hydrogens (tertiary/aromatic N) is 1. The van der Waals surface area contributed by atoms with Gasteiger partial charge in [-0.15, -0.1) is 0 Å². The summed E-state index contributed by atoms with van der Waals surface area (Å²) in [4.78, 5) is 19.3. The Kier molecular flexibility index (Phi) is 6.04. The Morgan fingerprint density at radius 1 is 1.43 bits per heavy atom. The fraction of sp³-hybridized carbons (Fsp3) is 0.765. The lowest BCUT2D eigenvalue weighted by Gasteiger charge is -2.26. The van der Waals surface area contributed by atoms with E-state index in [-0.39, 0.29) is 12.1 Å². The Morgan fingerprint density at radius 2 is 2.13 bits per heavy atom. The van der Waals surface area contributed by atoms with E-state index in [1.54, 1.807) is 0 Å². The van der Waals surface area contributed by atoms with Crippen LogP contribution >= 0.6 is 0 Å². The second-order valence-corrected chi connectivity index (χ2v) is 7.41. The van der Waals surface area contributed by atoms with Crippen molar-refractivity contribution >= 4 is 6.09 Å². The number of H-pyrrole nitrogens is 1. The lowest BCUT2D eigenvalue weighted by atomic mass is 9.98. The molecule has 0 spiro atoms. The molecule has 23 heavy (non-hydrogen) atoms. The van der Waals surface area contributed by atoms with Gasteiger partial charge in [-0.25, -0.2) is 9.78 Å². The highest BCUT2D eigenvalue weighted by Crippen LogP contribution is 2.27. The largest absolute Gasteiger partial charge is 0.444 e. The van der Waals surface area contributed by atoms with E-state index in [0.717, 1.165) is 18.1 Å². The summed E-state index contributed by atoms with van der Waals surface area (Å²) in [6.07, 6.45) is 6.50. The van der Waals surface area contributed by atoms with Gasteiger partial charge in [-0.05, 0) is 46.5 Å². The number of nitrogens with one attached hydrogen (secondary N) is 3. The van der Waals surface area contributed by atoms with Gasteiger partial charge < -0.3 is 20.4 Å². The van der Waals surface area contributed by atoms with E-state index in [1.165, 1.54) is 25.7 Å². The molecule has 0 aromatic carbocycles. The van der Waals surface area contributed by atoms with E-state index < -0.39 is 5.60 Å². The van der Waals surface area contributed by atoms with Crippen molar-refractivity contribution in [2.45, 2.75) is 71.6 Å². The van der Waals surface area contributed by atoms with E-state index in [1.807, 2.05) is 33.9 Å². The summed E-state index contributed by atoms with van der Waals surface area (Å²) in [6.45, 7) is 8.90. The maximum atomic E-state index is 11.9. The average molecular weight is 322 g/mol. The zero-order chi connectivity index (χ0) is 16.9. The van der Waals surface area contributed by atoms with Crippen LogP contribution in [0.2, 0.25) is 0 Å². The topological polar surface area (TPSA) is 79.0 Å². The molecule has 0 radical (unpaired) electrons. The molecule has 1 aliphatic carbocycles. The predicted octanol–water partition coefficient (Wildman–Crippen LogP) is 2.89. The lowest BCUT2D eigenvalue weighted by molar-refractivity contribution is 0.0518. The minimum atomic E-state index is -0.464. The van der Waals surface area contributed by atoms with Crippen LogP contribution in [0.15, 0.2) is 6.20 Å². The molecule has 1 atom stereocenters. The first-order valence-corrected chi connectivity index (χ1v) is 8.54. The normalized spacial score (nSPS) is 17.2. The maximum Gasteiger partial charge on any atom is 0.407 e. The second kappa shape index (κ2) is 7.81. The number of rotatable bonds is 6. The summed E-state index contributed by atoms with van der Waals surface area (Å²) in [5.74, 6) is 1.53. The van der Waals surface area contributed by atoms with Gasteiger partial charge >= 0.3 is 6.09 Å². The minimum absolute atomic E-state index is 0.258. The van der Waals surface area contributed by atoms with Crippen LogP contribution in [0.5, 0.6) is 0 Å². The number of carbonyl (C=O) groups excluding carboxylic acids is 1. The fourth-order valence-electron chi connectivity index (χ4n) is 3.08. The molecule has 1 aromatic rings. The summed E-state index contributed by atoms with van der Waals surface area (Å²) in [6, 6.07) is 0.258. The zero-order valence-electron chi connectivity index (χ0n) is 14.7. The molecule has 1 heterocycles. The molecule has 1 aromatic heterocycles. The molecule has 6 heteroatoms. The van der Waals surface area contributed by atoms with Crippen molar-refractivity contribution in [2.24, 2.45) is 5.92 Å². The fourth-order valence-corrected chi connectivity index (χ4v) is 3.08. The summed E-state index contributed by atoms with van der Waals surface area (Å²) in [7, 11) is 0. The van der Waals surface area contributed by atoms with Crippen molar-refractivity contribution in [2.75, 3.05) is 6.54 Å². The number of imidazole rings is 1. The molecule has 130 valence electrons. The highest BCUT2D eigenvalue weighted by atomic mass is 16.6. The summed E-state index contributed by atoms with van der Waals surface area (Å²) >= 11 is 0. The number of alkyl carbamates (subject to hydrolysis) is 1. The molecule has 3 N–H and O–H groups in total. The highest BCUT2D eigenvalue weighted by Gasteiger charge is 2.26. The smallest absolute Gasteiger partial charge is 0.407 e. The van der Waals surface area contributed by atoms with Crippen LogP contribution in [0.3, 0.4) is 0 Å². The Bertz CT molecular complexity index is 501. The molecule has 0 bridgehead atoms. The van der Waals surface area contributed by atoms with Crippen LogP contribution in [0.25, 0.3) is 0 Å². The molecule has 1 saturated carbocycles. The Labute approximate surface area is 138 Å². The van der Waals surface area contributed by atoms with E-state index >= 15 is 0 Å². The first-order chi connectivity index (χ1) is 10.8. The Balaban J connectivity index is 1.85. The van der Waals surface area contributed by atoms with Crippen LogP contribution in [-0.4, -0.2) is 34.2 Å². The van der Waals surface area contributed by atoms with Crippen LogP contribution < -0.4 is 10.6 Å². The van der Waals surface area contributed by atoms with Gasteiger partial charge in [-0.3, -0.25) is 0 Å². The predicted molar refractivity (Wildman–Crippen MR) is 90.1 cm³/mol. The standard InChI is InChI=1S/C17H30N4O2/c1-12-18-9-14(21-12)10-19-15(13-7-5-6-8-13)11-20-16(22)23-17(2,3)4/h9,13,15,19H,5-8,10-11H2,1-4H3,(H,18,21)(H,20,22). The average Bonchev–Trinajstić information content (AvgIpc) is 3.08. The summed E-state index contributed by atoms with van der Waals surface area (Å²) in [5, 5.41) is 6.48.